The summed E-state index contributed by atoms with van der Waals surface area (Å²) in [5.74, 6) is 0.585. The SMILES string of the molecule is CCOC(=O)CCCCc1c(COCC2CC2)nn2c(CC)ccc2c1-c1cncc(C)c1. The van der Waals surface area contributed by atoms with Gasteiger partial charge in [0.05, 0.1) is 24.4 Å². The van der Waals surface area contributed by atoms with Gasteiger partial charge in [0.1, 0.15) is 0 Å². The first kappa shape index (κ1) is 23.4. The van der Waals surface area contributed by atoms with Crippen molar-refractivity contribution in [1.29, 1.82) is 0 Å². The van der Waals surface area contributed by atoms with E-state index < -0.39 is 0 Å². The van der Waals surface area contributed by atoms with Gasteiger partial charge in [0.25, 0.3) is 0 Å². The van der Waals surface area contributed by atoms with E-state index in [1.165, 1.54) is 29.7 Å². The zero-order valence-electron chi connectivity index (χ0n) is 20.1. The summed E-state index contributed by atoms with van der Waals surface area (Å²) in [6.45, 7) is 7.81. The predicted octanol–water partition coefficient (Wildman–Crippen LogP) is 5.47. The molecule has 0 unspecified atom stereocenters. The van der Waals surface area contributed by atoms with Crippen molar-refractivity contribution in [3.8, 4) is 11.1 Å². The number of esters is 1. The number of hydrogen-bond acceptors (Lipinski definition) is 5. The van der Waals surface area contributed by atoms with Crippen LogP contribution in [0.3, 0.4) is 0 Å². The molecule has 3 aromatic heterocycles. The molecule has 3 heterocycles. The molecule has 0 spiro atoms. The van der Waals surface area contributed by atoms with Crippen LogP contribution in [0.25, 0.3) is 16.6 Å². The molecule has 0 aromatic carbocycles. The Kier molecular flexibility index (Phi) is 7.76. The lowest BCUT2D eigenvalue weighted by Crippen LogP contribution is -2.11. The van der Waals surface area contributed by atoms with E-state index in [9.17, 15) is 4.79 Å². The van der Waals surface area contributed by atoms with Crippen LogP contribution in [-0.4, -0.2) is 33.8 Å². The van der Waals surface area contributed by atoms with Gasteiger partial charge in [-0.2, -0.15) is 5.10 Å². The highest BCUT2D eigenvalue weighted by Crippen LogP contribution is 2.34. The summed E-state index contributed by atoms with van der Waals surface area (Å²) < 4.78 is 13.3. The number of aromatic nitrogens is 3. The third kappa shape index (κ3) is 5.80. The fraction of sp³-hybridized carbons (Fsp3) is 0.519. The lowest BCUT2D eigenvalue weighted by atomic mass is 9.95. The molecule has 3 aromatic rings. The van der Waals surface area contributed by atoms with Crippen LogP contribution in [0.5, 0.6) is 0 Å². The number of carbonyl (C=O) groups is 1. The van der Waals surface area contributed by atoms with Crippen LogP contribution < -0.4 is 0 Å². The standard InChI is InChI=1S/C27H35N3O3/c1-4-22-12-13-25-27(21-14-19(3)15-28-16-21)23(8-6-7-9-26(31)33-5-2)24(29-30(22)25)18-32-17-20-10-11-20/h12-16,20H,4-11,17-18H2,1-3H3. The molecule has 1 fully saturated rings. The molecule has 4 rings (SSSR count). The van der Waals surface area contributed by atoms with Gasteiger partial charge in [0.15, 0.2) is 0 Å². The molecular weight excluding hydrogens is 414 g/mol. The van der Waals surface area contributed by atoms with E-state index in [-0.39, 0.29) is 5.97 Å². The first-order valence-corrected chi connectivity index (χ1v) is 12.3. The Hall–Kier alpha value is -2.73. The van der Waals surface area contributed by atoms with Gasteiger partial charge in [0, 0.05) is 42.2 Å². The number of unbranched alkanes of at least 4 members (excludes halogenated alkanes) is 1. The molecule has 6 heteroatoms. The number of pyridine rings is 1. The van der Waals surface area contributed by atoms with Gasteiger partial charge in [-0.25, -0.2) is 4.52 Å². The molecule has 176 valence electrons. The summed E-state index contributed by atoms with van der Waals surface area (Å²) in [5, 5.41) is 5.05. The van der Waals surface area contributed by atoms with Crippen molar-refractivity contribution in [1.82, 2.24) is 14.6 Å². The van der Waals surface area contributed by atoms with Crippen LogP contribution in [-0.2, 0) is 33.7 Å². The molecule has 0 aliphatic heterocycles. The molecule has 0 radical (unpaired) electrons. The van der Waals surface area contributed by atoms with E-state index in [2.05, 4.69) is 41.5 Å². The molecule has 0 N–H and O–H groups in total. The van der Waals surface area contributed by atoms with Gasteiger partial charge >= 0.3 is 5.97 Å². The Morgan fingerprint density at radius 1 is 1.18 bits per heavy atom. The number of rotatable bonds is 12. The van der Waals surface area contributed by atoms with E-state index in [0.717, 1.165) is 54.6 Å². The van der Waals surface area contributed by atoms with Crippen molar-refractivity contribution in [3.05, 3.63) is 53.1 Å². The minimum absolute atomic E-state index is 0.124. The average Bonchev–Trinajstić information content (AvgIpc) is 3.54. The number of nitrogens with zero attached hydrogens (tertiary/aromatic N) is 3. The van der Waals surface area contributed by atoms with Crippen molar-refractivity contribution >= 4 is 11.5 Å². The van der Waals surface area contributed by atoms with E-state index in [1.54, 1.807) is 0 Å². The molecule has 0 bridgehead atoms. The maximum Gasteiger partial charge on any atom is 0.305 e. The predicted molar refractivity (Wildman–Crippen MR) is 129 cm³/mol. The average molecular weight is 450 g/mol. The Labute approximate surface area is 196 Å². The van der Waals surface area contributed by atoms with Crippen molar-refractivity contribution in [2.24, 2.45) is 5.92 Å². The number of ether oxygens (including phenoxy) is 2. The number of hydrogen-bond donors (Lipinski definition) is 0. The van der Waals surface area contributed by atoms with Crippen LogP contribution in [0, 0.1) is 12.8 Å². The topological polar surface area (TPSA) is 65.7 Å². The van der Waals surface area contributed by atoms with Crippen LogP contribution >= 0.6 is 0 Å². The third-order valence-corrected chi connectivity index (χ3v) is 6.24. The fourth-order valence-corrected chi connectivity index (χ4v) is 4.34. The van der Waals surface area contributed by atoms with Crippen LogP contribution in [0.1, 0.15) is 68.5 Å². The van der Waals surface area contributed by atoms with Crippen molar-refractivity contribution in [3.63, 3.8) is 0 Å². The Bertz CT molecular complexity index is 1100. The zero-order chi connectivity index (χ0) is 23.2. The molecule has 1 aliphatic rings. The van der Waals surface area contributed by atoms with E-state index >= 15 is 0 Å². The first-order valence-electron chi connectivity index (χ1n) is 12.3. The number of fused-ring (bicyclic) bond motifs is 1. The summed E-state index contributed by atoms with van der Waals surface area (Å²) in [7, 11) is 0. The monoisotopic (exact) mass is 449 g/mol. The normalized spacial score (nSPS) is 13.5. The largest absolute Gasteiger partial charge is 0.466 e. The van der Waals surface area contributed by atoms with Crippen LogP contribution in [0.2, 0.25) is 0 Å². The molecule has 1 saturated carbocycles. The maximum atomic E-state index is 11.8. The quantitative estimate of drug-likeness (QED) is 0.271. The molecule has 6 nitrogen and oxygen atoms in total. The fourth-order valence-electron chi connectivity index (χ4n) is 4.34. The molecule has 0 saturated heterocycles. The number of aryl methyl sites for hydroxylation is 2. The van der Waals surface area contributed by atoms with Gasteiger partial charge < -0.3 is 9.47 Å². The van der Waals surface area contributed by atoms with Crippen molar-refractivity contribution in [2.75, 3.05) is 13.2 Å². The van der Waals surface area contributed by atoms with Gasteiger partial charge in [-0.1, -0.05) is 6.92 Å². The molecule has 0 atom stereocenters. The summed E-state index contributed by atoms with van der Waals surface area (Å²) in [5.41, 5.74) is 7.89. The van der Waals surface area contributed by atoms with Crippen LogP contribution in [0.4, 0.5) is 0 Å². The van der Waals surface area contributed by atoms with Gasteiger partial charge in [0.2, 0.25) is 0 Å². The van der Waals surface area contributed by atoms with Gasteiger partial charge in [-0.3, -0.25) is 9.78 Å². The zero-order valence-corrected chi connectivity index (χ0v) is 20.1. The summed E-state index contributed by atoms with van der Waals surface area (Å²) in [6, 6.07) is 6.52. The maximum absolute atomic E-state index is 11.8. The minimum atomic E-state index is -0.124. The van der Waals surface area contributed by atoms with Crippen molar-refractivity contribution < 1.29 is 14.3 Å². The second kappa shape index (κ2) is 10.9. The minimum Gasteiger partial charge on any atom is -0.466 e. The molecule has 1 aliphatic carbocycles. The van der Waals surface area contributed by atoms with E-state index in [1.807, 2.05) is 19.3 Å². The summed E-state index contributed by atoms with van der Waals surface area (Å²) in [4.78, 5) is 16.3. The smallest absolute Gasteiger partial charge is 0.305 e. The van der Waals surface area contributed by atoms with E-state index in [0.29, 0.717) is 25.6 Å². The van der Waals surface area contributed by atoms with Gasteiger partial charge in [-0.05, 0) is 87.6 Å². The van der Waals surface area contributed by atoms with E-state index in [4.69, 9.17) is 14.6 Å². The Balaban J connectivity index is 1.71. The Morgan fingerprint density at radius 3 is 2.76 bits per heavy atom. The Morgan fingerprint density at radius 2 is 2.03 bits per heavy atom. The first-order chi connectivity index (χ1) is 16.1. The number of carbonyl (C=O) groups excluding carboxylic acids is 1. The molecular formula is C27H35N3O3. The highest BCUT2D eigenvalue weighted by atomic mass is 16.5. The van der Waals surface area contributed by atoms with Crippen molar-refractivity contribution in [2.45, 2.75) is 72.3 Å². The lowest BCUT2D eigenvalue weighted by Gasteiger charge is -2.18. The second-order valence-corrected chi connectivity index (χ2v) is 9.00. The third-order valence-electron chi connectivity index (χ3n) is 6.24. The molecule has 0 amide bonds. The summed E-state index contributed by atoms with van der Waals surface area (Å²) >= 11 is 0. The lowest BCUT2D eigenvalue weighted by molar-refractivity contribution is -0.143. The summed E-state index contributed by atoms with van der Waals surface area (Å²) in [6.07, 6.45) is 10.2. The van der Waals surface area contributed by atoms with Gasteiger partial charge in [-0.15, -0.1) is 0 Å². The second-order valence-electron chi connectivity index (χ2n) is 9.00. The highest BCUT2D eigenvalue weighted by Gasteiger charge is 2.23. The van der Waals surface area contributed by atoms with Crippen LogP contribution in [0.15, 0.2) is 30.6 Å². The molecule has 33 heavy (non-hydrogen) atoms. The highest BCUT2D eigenvalue weighted by molar-refractivity contribution is 5.83.